The van der Waals surface area contributed by atoms with Crippen LogP contribution in [0.1, 0.15) is 16.5 Å². The van der Waals surface area contributed by atoms with Crippen molar-refractivity contribution in [2.24, 2.45) is 0 Å². The molecule has 0 saturated heterocycles. The summed E-state index contributed by atoms with van der Waals surface area (Å²) in [6, 6.07) is 17.5. The zero-order valence-corrected chi connectivity index (χ0v) is 17.3. The second kappa shape index (κ2) is 8.97. The number of nitro benzene ring substituents is 1. The number of anilines is 2. The number of non-ortho nitro benzene ring substituents is 1. The first-order valence-corrected chi connectivity index (χ1v) is 10.6. The summed E-state index contributed by atoms with van der Waals surface area (Å²) in [4.78, 5) is 38.4. The third-order valence-corrected chi connectivity index (χ3v) is 6.12. The Labute approximate surface area is 182 Å². The van der Waals surface area contributed by atoms with Gasteiger partial charge >= 0.3 is 11.8 Å². The predicted octanol–water partition coefficient (Wildman–Crippen LogP) is 3.52. The number of benzene rings is 2. The molecule has 0 bridgehead atoms. The Morgan fingerprint density at radius 3 is 2.71 bits per heavy atom. The van der Waals surface area contributed by atoms with Crippen LogP contribution in [-0.2, 0) is 16.0 Å². The van der Waals surface area contributed by atoms with Crippen molar-refractivity contribution in [3.05, 3.63) is 86.6 Å². The lowest BCUT2D eigenvalue weighted by Gasteiger charge is -2.30. The van der Waals surface area contributed by atoms with Gasteiger partial charge < -0.3 is 15.5 Å². The number of hydrogen-bond donors (Lipinski definition) is 2. The number of hydrogen-bond acceptors (Lipinski definition) is 6. The molecule has 0 spiro atoms. The van der Waals surface area contributed by atoms with Crippen molar-refractivity contribution in [3.8, 4) is 0 Å². The molecule has 158 valence electrons. The third kappa shape index (κ3) is 4.56. The van der Waals surface area contributed by atoms with Crippen LogP contribution in [0, 0.1) is 10.1 Å². The van der Waals surface area contributed by atoms with Gasteiger partial charge in [0.15, 0.2) is 0 Å². The predicted molar refractivity (Wildman–Crippen MR) is 119 cm³/mol. The van der Waals surface area contributed by atoms with Crippen LogP contribution in [0.2, 0.25) is 0 Å². The molecule has 4 rings (SSSR count). The molecule has 2 aromatic carbocycles. The molecule has 2 N–H and O–H groups in total. The number of nitrogens with one attached hydrogen (secondary N) is 2. The summed E-state index contributed by atoms with van der Waals surface area (Å²) >= 11 is 1.60. The van der Waals surface area contributed by atoms with Crippen LogP contribution in [-0.4, -0.2) is 29.8 Å². The maximum absolute atomic E-state index is 12.4. The summed E-state index contributed by atoms with van der Waals surface area (Å²) in [5.74, 6) is -1.66. The van der Waals surface area contributed by atoms with E-state index < -0.39 is 16.7 Å². The van der Waals surface area contributed by atoms with Gasteiger partial charge in [-0.15, -0.1) is 11.3 Å². The molecule has 2 heterocycles. The summed E-state index contributed by atoms with van der Waals surface area (Å²) in [7, 11) is 0. The van der Waals surface area contributed by atoms with Gasteiger partial charge in [-0.3, -0.25) is 19.7 Å². The van der Waals surface area contributed by atoms with Crippen LogP contribution in [0.3, 0.4) is 0 Å². The zero-order valence-electron chi connectivity index (χ0n) is 16.5. The highest BCUT2D eigenvalue weighted by atomic mass is 32.1. The molecule has 1 atom stereocenters. The fourth-order valence-electron chi connectivity index (χ4n) is 3.69. The van der Waals surface area contributed by atoms with Gasteiger partial charge in [0.1, 0.15) is 0 Å². The molecule has 3 aromatic rings. The number of carbonyl (C=O) groups excluding carboxylic acids is 2. The number of fused-ring (bicyclic) bond motifs is 1. The molecular weight excluding hydrogens is 416 g/mol. The molecule has 0 radical (unpaired) electrons. The first-order chi connectivity index (χ1) is 15.0. The summed E-state index contributed by atoms with van der Waals surface area (Å²) in [5, 5.41) is 18.0. The Bertz CT molecular complexity index is 1120. The van der Waals surface area contributed by atoms with Gasteiger partial charge in [-0.05, 0) is 35.6 Å². The monoisotopic (exact) mass is 436 g/mol. The average Bonchev–Trinajstić information content (AvgIpc) is 3.45. The first kappa shape index (κ1) is 20.5. The molecule has 1 aliphatic rings. The molecule has 1 aliphatic heterocycles. The zero-order chi connectivity index (χ0) is 21.8. The van der Waals surface area contributed by atoms with Crippen molar-refractivity contribution in [1.82, 2.24) is 5.32 Å². The second-order valence-corrected chi connectivity index (χ2v) is 8.05. The van der Waals surface area contributed by atoms with E-state index in [1.807, 2.05) is 29.6 Å². The maximum Gasteiger partial charge on any atom is 0.313 e. The summed E-state index contributed by atoms with van der Waals surface area (Å²) < 4.78 is 0. The molecule has 0 aliphatic carbocycles. The highest BCUT2D eigenvalue weighted by Gasteiger charge is 2.28. The Morgan fingerprint density at radius 1 is 1.10 bits per heavy atom. The lowest BCUT2D eigenvalue weighted by atomic mass is 10.1. The van der Waals surface area contributed by atoms with Crippen molar-refractivity contribution in [2.75, 3.05) is 23.3 Å². The Hall–Kier alpha value is -3.72. The minimum Gasteiger partial charge on any atom is -0.361 e. The normalized spacial score (nSPS) is 13.4. The van der Waals surface area contributed by atoms with E-state index in [9.17, 15) is 19.7 Å². The fourth-order valence-corrected chi connectivity index (χ4v) is 4.53. The maximum atomic E-state index is 12.4. The lowest BCUT2D eigenvalue weighted by Crippen LogP contribution is -2.41. The number of thiophene rings is 1. The summed E-state index contributed by atoms with van der Waals surface area (Å²) in [6.07, 6.45) is 0.930. The van der Waals surface area contributed by atoms with E-state index in [0.29, 0.717) is 0 Å². The van der Waals surface area contributed by atoms with Crippen LogP contribution < -0.4 is 15.5 Å². The molecule has 8 nitrogen and oxygen atoms in total. The van der Waals surface area contributed by atoms with Crippen LogP contribution in [0.25, 0.3) is 0 Å². The minimum absolute atomic E-state index is 0.0989. The first-order valence-electron chi connectivity index (χ1n) is 9.74. The van der Waals surface area contributed by atoms with Gasteiger partial charge in [-0.25, -0.2) is 0 Å². The highest BCUT2D eigenvalue weighted by Crippen LogP contribution is 2.36. The Balaban J connectivity index is 1.44. The van der Waals surface area contributed by atoms with Crippen LogP contribution in [0.4, 0.5) is 17.1 Å². The van der Waals surface area contributed by atoms with Crippen molar-refractivity contribution >= 4 is 40.2 Å². The van der Waals surface area contributed by atoms with E-state index in [0.717, 1.165) is 23.5 Å². The van der Waals surface area contributed by atoms with Crippen molar-refractivity contribution in [1.29, 1.82) is 0 Å². The molecule has 9 heteroatoms. The van der Waals surface area contributed by atoms with E-state index in [-0.39, 0.29) is 24.0 Å². The SMILES string of the molecule is O=C(NCC(c1cccs1)N1CCc2ccccc21)C(=O)Nc1cccc([N+](=O)[O-])c1. The average molecular weight is 436 g/mol. The standard InChI is InChI=1S/C22H20N4O4S/c27-21(22(28)24-16-6-3-7-17(13-16)26(29)30)23-14-19(20-9-4-12-31-20)25-11-10-15-5-1-2-8-18(15)25/h1-9,12-13,19H,10-11,14H2,(H,23,27)(H,24,28). The highest BCUT2D eigenvalue weighted by molar-refractivity contribution is 7.10. The minimum atomic E-state index is -0.868. The van der Waals surface area contributed by atoms with Gasteiger partial charge in [-0.2, -0.15) is 0 Å². The number of amides is 2. The quantitative estimate of drug-likeness (QED) is 0.350. The molecule has 0 fully saturated rings. The number of nitrogens with zero attached hydrogens (tertiary/aromatic N) is 2. The number of para-hydroxylation sites is 1. The molecule has 31 heavy (non-hydrogen) atoms. The fraction of sp³-hybridized carbons (Fsp3) is 0.182. The van der Waals surface area contributed by atoms with Crippen LogP contribution in [0.15, 0.2) is 66.0 Å². The van der Waals surface area contributed by atoms with E-state index >= 15 is 0 Å². The van der Waals surface area contributed by atoms with Crippen LogP contribution in [0.5, 0.6) is 0 Å². The van der Waals surface area contributed by atoms with Crippen molar-refractivity contribution in [3.63, 3.8) is 0 Å². The van der Waals surface area contributed by atoms with Crippen molar-refractivity contribution in [2.45, 2.75) is 12.5 Å². The third-order valence-electron chi connectivity index (χ3n) is 5.15. The Kier molecular flexibility index (Phi) is 5.94. The number of nitro groups is 1. The molecule has 2 amide bonds. The molecular formula is C22H20N4O4S. The smallest absolute Gasteiger partial charge is 0.313 e. The van der Waals surface area contributed by atoms with E-state index in [4.69, 9.17) is 0 Å². The van der Waals surface area contributed by atoms with E-state index in [1.54, 1.807) is 11.3 Å². The van der Waals surface area contributed by atoms with Gasteiger partial charge in [0.2, 0.25) is 0 Å². The number of rotatable bonds is 6. The van der Waals surface area contributed by atoms with E-state index in [1.165, 1.54) is 29.8 Å². The molecule has 0 saturated carbocycles. The van der Waals surface area contributed by atoms with Gasteiger partial charge in [0, 0.05) is 41.5 Å². The summed E-state index contributed by atoms with van der Waals surface area (Å²) in [5.41, 5.74) is 2.43. The van der Waals surface area contributed by atoms with Gasteiger partial charge in [-0.1, -0.05) is 30.3 Å². The van der Waals surface area contributed by atoms with Gasteiger partial charge in [0.05, 0.1) is 11.0 Å². The van der Waals surface area contributed by atoms with Gasteiger partial charge in [0.25, 0.3) is 5.69 Å². The van der Waals surface area contributed by atoms with E-state index in [2.05, 4.69) is 27.7 Å². The topological polar surface area (TPSA) is 105 Å². The Morgan fingerprint density at radius 2 is 1.94 bits per heavy atom. The number of carbonyl (C=O) groups is 2. The van der Waals surface area contributed by atoms with Crippen LogP contribution >= 0.6 is 11.3 Å². The van der Waals surface area contributed by atoms with Crippen molar-refractivity contribution < 1.29 is 14.5 Å². The lowest BCUT2D eigenvalue weighted by molar-refractivity contribution is -0.384. The molecule has 1 aromatic heterocycles. The second-order valence-electron chi connectivity index (χ2n) is 7.07. The largest absolute Gasteiger partial charge is 0.361 e. The summed E-state index contributed by atoms with van der Waals surface area (Å²) in [6.45, 7) is 1.09. The molecule has 1 unspecified atom stereocenters.